The third-order valence-electron chi connectivity index (χ3n) is 4.49. The summed E-state index contributed by atoms with van der Waals surface area (Å²) in [7, 11) is 0. The zero-order valence-corrected chi connectivity index (χ0v) is 14.6. The molecule has 1 aromatic heterocycles. The summed E-state index contributed by atoms with van der Waals surface area (Å²) in [6.07, 6.45) is 4.14. The number of amides is 1. The monoisotopic (exact) mass is 324 g/mol. The number of thiophene rings is 1. The number of hydrogen-bond donors (Lipinski definition) is 3. The van der Waals surface area contributed by atoms with Gasteiger partial charge in [-0.05, 0) is 29.7 Å². The summed E-state index contributed by atoms with van der Waals surface area (Å²) in [5, 5.41) is 18.1. The van der Waals surface area contributed by atoms with Crippen LogP contribution in [0.25, 0.3) is 0 Å². The van der Waals surface area contributed by atoms with Crippen LogP contribution in [0.2, 0.25) is 0 Å². The fraction of sp³-hybridized carbons (Fsp3) is 0.706. The minimum atomic E-state index is -0.252. The largest absolute Gasteiger partial charge is 0.394 e. The van der Waals surface area contributed by atoms with E-state index in [2.05, 4.69) is 37.5 Å². The summed E-state index contributed by atoms with van der Waals surface area (Å²) in [4.78, 5) is 13.5. The first kappa shape index (κ1) is 17.4. The van der Waals surface area contributed by atoms with Crippen LogP contribution in [0.3, 0.4) is 0 Å². The van der Waals surface area contributed by atoms with Crippen molar-refractivity contribution in [2.24, 2.45) is 5.41 Å². The van der Waals surface area contributed by atoms with Crippen LogP contribution in [0.5, 0.6) is 0 Å². The van der Waals surface area contributed by atoms with Gasteiger partial charge in [0, 0.05) is 10.4 Å². The predicted octanol–water partition coefficient (Wildman–Crippen LogP) is 2.85. The van der Waals surface area contributed by atoms with E-state index in [1.54, 1.807) is 11.3 Å². The summed E-state index contributed by atoms with van der Waals surface area (Å²) in [5.41, 5.74) is -0.292. The van der Waals surface area contributed by atoms with Gasteiger partial charge in [0.2, 0.25) is 5.91 Å². The van der Waals surface area contributed by atoms with Crippen molar-refractivity contribution in [2.45, 2.75) is 58.0 Å². The highest BCUT2D eigenvalue weighted by molar-refractivity contribution is 7.10. The first-order valence-corrected chi connectivity index (χ1v) is 8.93. The molecule has 1 heterocycles. The van der Waals surface area contributed by atoms with Crippen molar-refractivity contribution in [1.82, 2.24) is 10.6 Å². The molecule has 124 valence electrons. The molecule has 0 saturated heterocycles. The Morgan fingerprint density at radius 2 is 2.09 bits per heavy atom. The summed E-state index contributed by atoms with van der Waals surface area (Å²) in [5.74, 6) is -0.00644. The SMILES string of the molecule is CC(C)(C)C(NC(=O)CNC1(CO)CCCC1)c1cccs1. The van der Waals surface area contributed by atoms with Gasteiger partial charge in [-0.25, -0.2) is 0 Å². The summed E-state index contributed by atoms with van der Waals surface area (Å²) < 4.78 is 0. The van der Waals surface area contributed by atoms with Gasteiger partial charge in [-0.2, -0.15) is 0 Å². The Balaban J connectivity index is 1.94. The van der Waals surface area contributed by atoms with Crippen molar-refractivity contribution in [3.05, 3.63) is 22.4 Å². The molecular formula is C17H28N2O2S. The minimum Gasteiger partial charge on any atom is -0.394 e. The molecule has 3 N–H and O–H groups in total. The molecule has 0 bridgehead atoms. The molecule has 1 aliphatic rings. The van der Waals surface area contributed by atoms with Crippen LogP contribution in [-0.2, 0) is 4.79 Å². The van der Waals surface area contributed by atoms with E-state index in [-0.39, 0.29) is 36.1 Å². The number of rotatable bonds is 6. The van der Waals surface area contributed by atoms with E-state index in [1.807, 2.05) is 11.4 Å². The lowest BCUT2D eigenvalue weighted by Gasteiger charge is -2.32. The zero-order valence-electron chi connectivity index (χ0n) is 13.8. The molecule has 1 saturated carbocycles. The van der Waals surface area contributed by atoms with Crippen molar-refractivity contribution in [2.75, 3.05) is 13.2 Å². The van der Waals surface area contributed by atoms with Crippen LogP contribution in [0.4, 0.5) is 0 Å². The molecule has 5 heteroatoms. The molecule has 0 radical (unpaired) electrons. The number of carbonyl (C=O) groups excluding carboxylic acids is 1. The van der Waals surface area contributed by atoms with E-state index in [1.165, 1.54) is 4.88 Å². The Hall–Kier alpha value is -0.910. The van der Waals surface area contributed by atoms with Crippen LogP contribution in [0, 0.1) is 5.41 Å². The third kappa shape index (κ3) is 4.31. The van der Waals surface area contributed by atoms with Crippen LogP contribution in [0.15, 0.2) is 17.5 Å². The molecule has 1 unspecified atom stereocenters. The highest BCUT2D eigenvalue weighted by atomic mass is 32.1. The normalized spacial score (nSPS) is 19.1. The van der Waals surface area contributed by atoms with Crippen LogP contribution >= 0.6 is 11.3 Å². The van der Waals surface area contributed by atoms with Gasteiger partial charge < -0.3 is 15.7 Å². The first-order valence-electron chi connectivity index (χ1n) is 8.05. The third-order valence-corrected chi connectivity index (χ3v) is 5.42. The zero-order chi connectivity index (χ0) is 16.2. The highest BCUT2D eigenvalue weighted by Crippen LogP contribution is 2.35. The topological polar surface area (TPSA) is 61.4 Å². The van der Waals surface area contributed by atoms with Gasteiger partial charge in [-0.15, -0.1) is 11.3 Å². The van der Waals surface area contributed by atoms with Crippen LogP contribution in [0.1, 0.15) is 57.4 Å². The highest BCUT2D eigenvalue weighted by Gasteiger charge is 2.34. The molecule has 22 heavy (non-hydrogen) atoms. The Labute approximate surface area is 137 Å². The molecule has 1 aliphatic carbocycles. The quantitative estimate of drug-likeness (QED) is 0.754. The smallest absolute Gasteiger partial charge is 0.234 e. The maximum absolute atomic E-state index is 12.4. The fourth-order valence-electron chi connectivity index (χ4n) is 3.09. The van der Waals surface area contributed by atoms with E-state index in [9.17, 15) is 9.90 Å². The average molecular weight is 324 g/mol. The number of aliphatic hydroxyl groups is 1. The summed E-state index contributed by atoms with van der Waals surface area (Å²) in [6.45, 7) is 6.78. The number of nitrogens with one attached hydrogen (secondary N) is 2. The number of aliphatic hydroxyl groups excluding tert-OH is 1. The molecule has 1 amide bonds. The summed E-state index contributed by atoms with van der Waals surface area (Å²) >= 11 is 1.67. The van der Waals surface area contributed by atoms with Crippen molar-refractivity contribution in [3.8, 4) is 0 Å². The van der Waals surface area contributed by atoms with E-state index in [0.717, 1.165) is 25.7 Å². The number of hydrogen-bond acceptors (Lipinski definition) is 4. The second-order valence-corrected chi connectivity index (χ2v) is 8.36. The standard InChI is InChI=1S/C17H28N2O2S/c1-16(2,3)15(13-7-6-10-22-13)19-14(21)11-18-17(12-20)8-4-5-9-17/h6-7,10,15,18,20H,4-5,8-9,11-12H2,1-3H3,(H,19,21). The van der Waals surface area contributed by atoms with Gasteiger partial charge in [0.05, 0.1) is 19.2 Å². The molecule has 1 fully saturated rings. The molecule has 0 aliphatic heterocycles. The van der Waals surface area contributed by atoms with Gasteiger partial charge in [0.1, 0.15) is 0 Å². The maximum atomic E-state index is 12.4. The number of carbonyl (C=O) groups is 1. The van der Waals surface area contributed by atoms with Crippen molar-refractivity contribution in [3.63, 3.8) is 0 Å². The van der Waals surface area contributed by atoms with Crippen molar-refractivity contribution in [1.29, 1.82) is 0 Å². The van der Waals surface area contributed by atoms with Gasteiger partial charge in [-0.3, -0.25) is 4.79 Å². The Morgan fingerprint density at radius 1 is 1.41 bits per heavy atom. The molecular weight excluding hydrogens is 296 g/mol. The van der Waals surface area contributed by atoms with Gasteiger partial charge in [-0.1, -0.05) is 39.7 Å². The van der Waals surface area contributed by atoms with Crippen LogP contribution < -0.4 is 10.6 Å². The minimum absolute atomic E-state index is 0.00644. The average Bonchev–Trinajstić information content (AvgIpc) is 3.13. The fourth-order valence-corrected chi connectivity index (χ4v) is 4.11. The van der Waals surface area contributed by atoms with Crippen molar-refractivity contribution >= 4 is 17.2 Å². The van der Waals surface area contributed by atoms with Crippen LogP contribution in [-0.4, -0.2) is 29.7 Å². The van der Waals surface area contributed by atoms with E-state index < -0.39 is 0 Å². The Bertz CT molecular complexity index is 473. The Kier molecular flexibility index (Phi) is 5.64. The van der Waals surface area contributed by atoms with Gasteiger partial charge in [0.25, 0.3) is 0 Å². The Morgan fingerprint density at radius 3 is 2.59 bits per heavy atom. The molecule has 1 aromatic rings. The molecule has 4 nitrogen and oxygen atoms in total. The molecule has 0 aromatic carbocycles. The second kappa shape index (κ2) is 7.11. The molecule has 1 atom stereocenters. The maximum Gasteiger partial charge on any atom is 0.234 e. The second-order valence-electron chi connectivity index (χ2n) is 7.38. The molecule has 0 spiro atoms. The van der Waals surface area contributed by atoms with Gasteiger partial charge in [0.15, 0.2) is 0 Å². The predicted molar refractivity (Wildman–Crippen MR) is 90.9 cm³/mol. The van der Waals surface area contributed by atoms with Crippen molar-refractivity contribution < 1.29 is 9.90 Å². The van der Waals surface area contributed by atoms with E-state index >= 15 is 0 Å². The van der Waals surface area contributed by atoms with Gasteiger partial charge >= 0.3 is 0 Å². The lowest BCUT2D eigenvalue weighted by Crippen LogP contribution is -2.51. The van der Waals surface area contributed by atoms with E-state index in [4.69, 9.17) is 0 Å². The molecule has 2 rings (SSSR count). The first-order chi connectivity index (χ1) is 10.4. The summed E-state index contributed by atoms with van der Waals surface area (Å²) in [6, 6.07) is 4.10. The van der Waals surface area contributed by atoms with E-state index in [0.29, 0.717) is 0 Å². The lowest BCUT2D eigenvalue weighted by atomic mass is 9.85. The lowest BCUT2D eigenvalue weighted by molar-refractivity contribution is -0.122.